The number of benzene rings is 1. The first-order chi connectivity index (χ1) is 9.33. The maximum absolute atomic E-state index is 9.30. The van der Waals surface area contributed by atoms with Crippen molar-refractivity contribution >= 4 is 0 Å². The fourth-order valence-electron chi connectivity index (χ4n) is 2.44. The Morgan fingerprint density at radius 2 is 2.11 bits per heavy atom. The number of aryl methyl sites for hydroxylation is 1. The fraction of sp³-hybridized carbons (Fsp3) is 0.600. The molecule has 0 atom stereocenters. The molecule has 0 saturated carbocycles. The number of rotatable bonds is 6. The lowest BCUT2D eigenvalue weighted by atomic mass is 10.1. The molecule has 0 aromatic heterocycles. The molecule has 0 radical (unpaired) electrons. The van der Waals surface area contributed by atoms with Gasteiger partial charge < -0.3 is 14.6 Å². The lowest BCUT2D eigenvalue weighted by molar-refractivity contribution is 0.0374. The van der Waals surface area contributed by atoms with E-state index >= 15 is 0 Å². The van der Waals surface area contributed by atoms with E-state index < -0.39 is 0 Å². The van der Waals surface area contributed by atoms with Crippen molar-refractivity contribution in [3.63, 3.8) is 0 Å². The van der Waals surface area contributed by atoms with Crippen LogP contribution < -0.4 is 4.74 Å². The van der Waals surface area contributed by atoms with Gasteiger partial charge in [0.05, 0.1) is 26.9 Å². The smallest absolute Gasteiger partial charge is 0.124 e. The molecule has 19 heavy (non-hydrogen) atoms. The Bertz CT molecular complexity index is 389. The van der Waals surface area contributed by atoms with E-state index in [2.05, 4.69) is 11.0 Å². The highest BCUT2D eigenvalue weighted by atomic mass is 16.5. The molecule has 1 aliphatic heterocycles. The van der Waals surface area contributed by atoms with Gasteiger partial charge in [0.1, 0.15) is 5.75 Å². The van der Waals surface area contributed by atoms with Gasteiger partial charge >= 0.3 is 0 Å². The third kappa shape index (κ3) is 4.20. The van der Waals surface area contributed by atoms with Crippen molar-refractivity contribution in [3.8, 4) is 5.75 Å². The number of hydrogen-bond donors (Lipinski definition) is 1. The Morgan fingerprint density at radius 3 is 2.79 bits per heavy atom. The summed E-state index contributed by atoms with van der Waals surface area (Å²) in [5, 5.41) is 9.30. The summed E-state index contributed by atoms with van der Waals surface area (Å²) in [6, 6.07) is 6.06. The van der Waals surface area contributed by atoms with E-state index in [4.69, 9.17) is 9.47 Å². The van der Waals surface area contributed by atoms with Crippen LogP contribution in [-0.4, -0.2) is 50.0 Å². The number of morpholine rings is 1. The number of aliphatic hydroxyl groups excluding tert-OH is 1. The second-order valence-electron chi connectivity index (χ2n) is 4.86. The lowest BCUT2D eigenvalue weighted by Gasteiger charge is -2.26. The molecule has 4 heteroatoms. The van der Waals surface area contributed by atoms with Crippen molar-refractivity contribution < 1.29 is 14.6 Å². The maximum atomic E-state index is 9.30. The zero-order valence-corrected chi connectivity index (χ0v) is 11.6. The number of hydrogen-bond acceptors (Lipinski definition) is 4. The van der Waals surface area contributed by atoms with Gasteiger partial charge in [-0.15, -0.1) is 0 Å². The summed E-state index contributed by atoms with van der Waals surface area (Å²) >= 11 is 0. The van der Waals surface area contributed by atoms with Crippen LogP contribution in [-0.2, 0) is 17.8 Å². The Morgan fingerprint density at radius 1 is 1.32 bits per heavy atom. The first kappa shape index (κ1) is 14.3. The highest BCUT2D eigenvalue weighted by Gasteiger charge is 2.09. The molecular formula is C15H23NO3. The summed E-state index contributed by atoms with van der Waals surface area (Å²) in [7, 11) is 1.63. The Hall–Kier alpha value is -1.10. The minimum atomic E-state index is 0.0283. The zero-order chi connectivity index (χ0) is 13.5. The third-order valence-electron chi connectivity index (χ3n) is 3.56. The van der Waals surface area contributed by atoms with E-state index in [9.17, 15) is 5.11 Å². The predicted molar refractivity (Wildman–Crippen MR) is 74.5 cm³/mol. The van der Waals surface area contributed by atoms with Crippen LogP contribution in [0.1, 0.15) is 17.5 Å². The summed E-state index contributed by atoms with van der Waals surface area (Å²) in [4.78, 5) is 2.44. The molecule has 0 bridgehead atoms. The molecule has 1 heterocycles. The van der Waals surface area contributed by atoms with Gasteiger partial charge in [-0.2, -0.15) is 0 Å². The SMILES string of the molecule is COc1ccc(CCCN2CCOCC2)cc1CO. The molecule has 1 N–H and O–H groups in total. The zero-order valence-electron chi connectivity index (χ0n) is 11.6. The monoisotopic (exact) mass is 265 g/mol. The second kappa shape index (κ2) is 7.48. The normalized spacial score (nSPS) is 16.5. The van der Waals surface area contributed by atoms with E-state index in [-0.39, 0.29) is 6.61 Å². The van der Waals surface area contributed by atoms with Crippen LogP contribution in [0.15, 0.2) is 18.2 Å². The molecule has 0 spiro atoms. The third-order valence-corrected chi connectivity index (χ3v) is 3.56. The molecular weight excluding hydrogens is 242 g/mol. The first-order valence-electron chi connectivity index (χ1n) is 6.90. The Labute approximate surface area is 114 Å². The summed E-state index contributed by atoms with van der Waals surface area (Å²) in [6.07, 6.45) is 2.17. The molecule has 2 rings (SSSR count). The number of nitrogens with zero attached hydrogens (tertiary/aromatic N) is 1. The van der Waals surface area contributed by atoms with Crippen molar-refractivity contribution in [2.75, 3.05) is 40.0 Å². The minimum absolute atomic E-state index is 0.0283. The highest BCUT2D eigenvalue weighted by molar-refractivity contribution is 5.36. The van der Waals surface area contributed by atoms with Crippen LogP contribution in [0, 0.1) is 0 Å². The molecule has 1 aliphatic rings. The average Bonchev–Trinajstić information content (AvgIpc) is 2.48. The van der Waals surface area contributed by atoms with E-state index in [1.165, 1.54) is 5.56 Å². The quantitative estimate of drug-likeness (QED) is 0.845. The van der Waals surface area contributed by atoms with E-state index in [0.29, 0.717) is 0 Å². The van der Waals surface area contributed by atoms with Crippen LogP contribution in [0.2, 0.25) is 0 Å². The molecule has 1 aromatic carbocycles. The van der Waals surface area contributed by atoms with E-state index in [1.54, 1.807) is 7.11 Å². The Balaban J connectivity index is 1.81. The number of aliphatic hydroxyl groups is 1. The predicted octanol–water partition coefficient (Wildman–Crippen LogP) is 1.45. The molecule has 4 nitrogen and oxygen atoms in total. The van der Waals surface area contributed by atoms with Crippen LogP contribution in [0.3, 0.4) is 0 Å². The van der Waals surface area contributed by atoms with Gasteiger partial charge in [-0.05, 0) is 37.1 Å². The van der Waals surface area contributed by atoms with Crippen molar-refractivity contribution in [1.29, 1.82) is 0 Å². The van der Waals surface area contributed by atoms with Crippen LogP contribution >= 0.6 is 0 Å². The molecule has 0 unspecified atom stereocenters. The fourth-order valence-corrected chi connectivity index (χ4v) is 2.44. The maximum Gasteiger partial charge on any atom is 0.124 e. The van der Waals surface area contributed by atoms with E-state index in [1.807, 2.05) is 12.1 Å². The lowest BCUT2D eigenvalue weighted by Crippen LogP contribution is -2.36. The molecule has 0 amide bonds. The van der Waals surface area contributed by atoms with Gasteiger partial charge in [-0.3, -0.25) is 4.90 Å². The van der Waals surface area contributed by atoms with Gasteiger partial charge in [0.2, 0.25) is 0 Å². The first-order valence-corrected chi connectivity index (χ1v) is 6.90. The molecule has 1 fully saturated rings. The van der Waals surface area contributed by atoms with Gasteiger partial charge in [-0.25, -0.2) is 0 Å². The van der Waals surface area contributed by atoms with Crippen molar-refractivity contribution in [2.45, 2.75) is 19.4 Å². The number of ether oxygens (including phenoxy) is 2. The molecule has 0 aliphatic carbocycles. The summed E-state index contributed by atoms with van der Waals surface area (Å²) < 4.78 is 10.5. The van der Waals surface area contributed by atoms with Crippen molar-refractivity contribution in [2.24, 2.45) is 0 Å². The summed E-state index contributed by atoms with van der Waals surface area (Å²) in [5.41, 5.74) is 2.13. The van der Waals surface area contributed by atoms with Gasteiger partial charge in [0, 0.05) is 18.7 Å². The minimum Gasteiger partial charge on any atom is -0.496 e. The van der Waals surface area contributed by atoms with Gasteiger partial charge in [0.15, 0.2) is 0 Å². The Kier molecular flexibility index (Phi) is 5.63. The topological polar surface area (TPSA) is 41.9 Å². The van der Waals surface area contributed by atoms with Crippen LogP contribution in [0.25, 0.3) is 0 Å². The second-order valence-corrected chi connectivity index (χ2v) is 4.86. The molecule has 1 saturated heterocycles. The van der Waals surface area contributed by atoms with Crippen molar-refractivity contribution in [1.82, 2.24) is 4.90 Å². The largest absolute Gasteiger partial charge is 0.496 e. The van der Waals surface area contributed by atoms with Crippen LogP contribution in [0.5, 0.6) is 5.75 Å². The summed E-state index contributed by atoms with van der Waals surface area (Å²) in [6.45, 7) is 4.95. The van der Waals surface area contributed by atoms with Crippen molar-refractivity contribution in [3.05, 3.63) is 29.3 Å². The summed E-state index contributed by atoms with van der Waals surface area (Å²) in [5.74, 6) is 0.763. The number of methoxy groups -OCH3 is 1. The van der Waals surface area contributed by atoms with Crippen LogP contribution in [0.4, 0.5) is 0 Å². The highest BCUT2D eigenvalue weighted by Crippen LogP contribution is 2.20. The van der Waals surface area contributed by atoms with Gasteiger partial charge in [-0.1, -0.05) is 6.07 Å². The van der Waals surface area contributed by atoms with E-state index in [0.717, 1.165) is 57.0 Å². The van der Waals surface area contributed by atoms with Gasteiger partial charge in [0.25, 0.3) is 0 Å². The average molecular weight is 265 g/mol. The molecule has 106 valence electrons. The standard InChI is InChI=1S/C15H23NO3/c1-18-15-5-4-13(11-14(15)12-17)3-2-6-16-7-9-19-10-8-16/h4-5,11,17H,2-3,6-10,12H2,1H3. The molecule has 1 aromatic rings.